The van der Waals surface area contributed by atoms with Gasteiger partial charge in [0.2, 0.25) is 0 Å². The number of pyridine rings is 1. The molecule has 0 saturated heterocycles. The molecule has 0 saturated carbocycles. The predicted octanol–water partition coefficient (Wildman–Crippen LogP) is 3.16. The summed E-state index contributed by atoms with van der Waals surface area (Å²) in [4.78, 5) is 33.7. The number of ether oxygens (including phenoxy) is 1. The van der Waals surface area contributed by atoms with Crippen LogP contribution >= 0.6 is 0 Å². The molecular formula is C19H21N3O3. The number of nitrogens with zero attached hydrogens (tertiary/aromatic N) is 2. The Morgan fingerprint density at radius 1 is 1.20 bits per heavy atom. The summed E-state index contributed by atoms with van der Waals surface area (Å²) < 4.78 is 5.13. The second-order valence-corrected chi connectivity index (χ2v) is 6.03. The molecule has 0 aliphatic rings. The summed E-state index contributed by atoms with van der Waals surface area (Å²) in [5.74, 6) is -0.481. The zero-order valence-corrected chi connectivity index (χ0v) is 14.8. The van der Waals surface area contributed by atoms with Crippen LogP contribution < -0.4 is 0 Å². The molecule has 0 unspecified atom stereocenters. The number of nitrogens with one attached hydrogen (secondary N) is 1. The van der Waals surface area contributed by atoms with Gasteiger partial charge in [-0.3, -0.25) is 4.79 Å². The fourth-order valence-electron chi connectivity index (χ4n) is 3.07. The average Bonchev–Trinajstić information content (AvgIpc) is 2.98. The first-order valence-electron chi connectivity index (χ1n) is 8.30. The van der Waals surface area contributed by atoms with Crippen LogP contribution in [-0.2, 0) is 11.2 Å². The van der Waals surface area contributed by atoms with Gasteiger partial charge in [-0.15, -0.1) is 0 Å². The number of aryl methyl sites for hydroxylation is 1. The quantitative estimate of drug-likeness (QED) is 0.741. The number of rotatable bonds is 4. The minimum atomic E-state index is -0.420. The molecule has 1 N–H and O–H groups in total. The first kappa shape index (κ1) is 17.0. The highest BCUT2D eigenvalue weighted by molar-refractivity contribution is 6.13. The van der Waals surface area contributed by atoms with Gasteiger partial charge in [-0.25, -0.2) is 9.78 Å². The van der Waals surface area contributed by atoms with Crippen LogP contribution in [-0.4, -0.2) is 47.4 Å². The van der Waals surface area contributed by atoms with Gasteiger partial charge in [0.1, 0.15) is 0 Å². The lowest BCUT2D eigenvalue weighted by Gasteiger charge is -2.10. The van der Waals surface area contributed by atoms with Gasteiger partial charge in [0.25, 0.3) is 5.91 Å². The van der Waals surface area contributed by atoms with Gasteiger partial charge in [0, 0.05) is 35.9 Å². The van der Waals surface area contributed by atoms with Gasteiger partial charge >= 0.3 is 5.97 Å². The molecule has 25 heavy (non-hydrogen) atoms. The lowest BCUT2D eigenvalue weighted by molar-refractivity contribution is 0.0518. The van der Waals surface area contributed by atoms with E-state index >= 15 is 0 Å². The fourth-order valence-corrected chi connectivity index (χ4v) is 3.07. The highest BCUT2D eigenvalue weighted by atomic mass is 16.5. The topological polar surface area (TPSA) is 75.3 Å². The number of fused-ring (bicyclic) bond motifs is 3. The summed E-state index contributed by atoms with van der Waals surface area (Å²) in [5, 5.41) is 1.83. The van der Waals surface area contributed by atoms with Crippen molar-refractivity contribution in [2.45, 2.75) is 20.3 Å². The van der Waals surface area contributed by atoms with E-state index in [9.17, 15) is 9.59 Å². The van der Waals surface area contributed by atoms with Crippen LogP contribution in [0.25, 0.3) is 21.8 Å². The predicted molar refractivity (Wildman–Crippen MR) is 97.0 cm³/mol. The van der Waals surface area contributed by atoms with Gasteiger partial charge < -0.3 is 14.6 Å². The molecule has 0 atom stereocenters. The van der Waals surface area contributed by atoms with E-state index in [1.165, 1.54) is 0 Å². The van der Waals surface area contributed by atoms with E-state index in [-0.39, 0.29) is 5.91 Å². The third-order valence-corrected chi connectivity index (χ3v) is 4.21. The molecular weight excluding hydrogens is 318 g/mol. The molecule has 1 aromatic carbocycles. The van der Waals surface area contributed by atoms with E-state index in [1.54, 1.807) is 38.2 Å². The molecule has 0 spiro atoms. The Bertz CT molecular complexity index is 973. The Hall–Kier alpha value is -2.89. The Balaban J connectivity index is 2.29. The van der Waals surface area contributed by atoms with E-state index in [0.717, 1.165) is 27.4 Å². The smallest absolute Gasteiger partial charge is 0.357 e. The van der Waals surface area contributed by atoms with Crippen LogP contribution in [0.1, 0.15) is 40.3 Å². The maximum absolute atomic E-state index is 12.3. The van der Waals surface area contributed by atoms with Gasteiger partial charge in [-0.2, -0.15) is 0 Å². The fraction of sp³-hybridized carbons (Fsp3) is 0.316. The van der Waals surface area contributed by atoms with E-state index in [1.807, 2.05) is 19.1 Å². The van der Waals surface area contributed by atoms with E-state index in [0.29, 0.717) is 24.3 Å². The summed E-state index contributed by atoms with van der Waals surface area (Å²) in [6, 6.07) is 5.55. The number of aromatic amines is 1. The number of amides is 1. The summed E-state index contributed by atoms with van der Waals surface area (Å²) in [6.07, 6.45) is 2.28. The van der Waals surface area contributed by atoms with E-state index in [2.05, 4.69) is 9.97 Å². The average molecular weight is 339 g/mol. The van der Waals surface area contributed by atoms with Crippen molar-refractivity contribution in [1.82, 2.24) is 14.9 Å². The standard InChI is InChI=1S/C19H21N3O3/c1-5-12-16-13-9-11(18(23)22(3)4)7-8-14(13)21-15(16)10-20-17(12)19(24)25-6-2/h7-10,21H,5-6H2,1-4H3. The zero-order chi connectivity index (χ0) is 18.1. The van der Waals surface area contributed by atoms with Crippen LogP contribution in [0, 0.1) is 0 Å². The van der Waals surface area contributed by atoms with Gasteiger partial charge in [0.15, 0.2) is 5.69 Å². The van der Waals surface area contributed by atoms with Crippen LogP contribution in [0.2, 0.25) is 0 Å². The molecule has 0 bridgehead atoms. The van der Waals surface area contributed by atoms with Crippen LogP contribution in [0.3, 0.4) is 0 Å². The Kier molecular flexibility index (Phi) is 4.44. The molecule has 6 heteroatoms. The molecule has 2 aromatic heterocycles. The Morgan fingerprint density at radius 3 is 2.60 bits per heavy atom. The van der Waals surface area contributed by atoms with Crippen LogP contribution in [0.5, 0.6) is 0 Å². The second kappa shape index (κ2) is 6.55. The molecule has 0 aliphatic carbocycles. The minimum Gasteiger partial charge on any atom is -0.461 e. The number of esters is 1. The van der Waals surface area contributed by atoms with Crippen LogP contribution in [0.4, 0.5) is 0 Å². The molecule has 0 aliphatic heterocycles. The third kappa shape index (κ3) is 2.84. The molecule has 2 heterocycles. The molecule has 3 rings (SSSR count). The van der Waals surface area contributed by atoms with Crippen molar-refractivity contribution in [3.05, 3.63) is 41.2 Å². The third-order valence-electron chi connectivity index (χ3n) is 4.21. The van der Waals surface area contributed by atoms with Crippen molar-refractivity contribution in [3.63, 3.8) is 0 Å². The maximum Gasteiger partial charge on any atom is 0.357 e. The normalized spacial score (nSPS) is 11.0. The Labute approximate surface area is 145 Å². The van der Waals surface area contributed by atoms with E-state index < -0.39 is 5.97 Å². The van der Waals surface area contributed by atoms with E-state index in [4.69, 9.17) is 4.74 Å². The monoisotopic (exact) mass is 339 g/mol. The number of carbonyl (C=O) groups excluding carboxylic acids is 2. The van der Waals surface area contributed by atoms with Crippen molar-refractivity contribution >= 4 is 33.7 Å². The number of hydrogen-bond acceptors (Lipinski definition) is 4. The SMILES string of the molecule is CCOC(=O)c1ncc2[nH]c3ccc(C(=O)N(C)C)cc3c2c1CC. The molecule has 1 amide bonds. The number of hydrogen-bond donors (Lipinski definition) is 1. The van der Waals surface area contributed by atoms with Gasteiger partial charge in [0.05, 0.1) is 18.3 Å². The van der Waals surface area contributed by atoms with Crippen molar-refractivity contribution in [2.75, 3.05) is 20.7 Å². The first-order valence-corrected chi connectivity index (χ1v) is 8.30. The number of aromatic nitrogens is 2. The highest BCUT2D eigenvalue weighted by Gasteiger charge is 2.20. The summed E-state index contributed by atoms with van der Waals surface area (Å²) in [5.41, 5.74) is 3.52. The summed E-state index contributed by atoms with van der Waals surface area (Å²) in [7, 11) is 3.45. The largest absolute Gasteiger partial charge is 0.461 e. The number of carbonyl (C=O) groups is 2. The molecule has 6 nitrogen and oxygen atoms in total. The molecule has 130 valence electrons. The van der Waals surface area contributed by atoms with Crippen molar-refractivity contribution < 1.29 is 14.3 Å². The van der Waals surface area contributed by atoms with Gasteiger partial charge in [-0.1, -0.05) is 6.92 Å². The molecule has 0 radical (unpaired) electrons. The number of H-pyrrole nitrogens is 1. The van der Waals surface area contributed by atoms with Gasteiger partial charge in [-0.05, 0) is 37.1 Å². The van der Waals surface area contributed by atoms with Crippen molar-refractivity contribution in [2.24, 2.45) is 0 Å². The lowest BCUT2D eigenvalue weighted by atomic mass is 10.0. The maximum atomic E-state index is 12.3. The second-order valence-electron chi connectivity index (χ2n) is 6.03. The highest BCUT2D eigenvalue weighted by Crippen LogP contribution is 2.31. The molecule has 3 aromatic rings. The van der Waals surface area contributed by atoms with Crippen LogP contribution in [0.15, 0.2) is 24.4 Å². The molecule has 0 fully saturated rings. The minimum absolute atomic E-state index is 0.0611. The zero-order valence-electron chi connectivity index (χ0n) is 14.8. The van der Waals surface area contributed by atoms with Crippen molar-refractivity contribution in [3.8, 4) is 0 Å². The van der Waals surface area contributed by atoms with Crippen molar-refractivity contribution in [1.29, 1.82) is 0 Å². The summed E-state index contributed by atoms with van der Waals surface area (Å²) >= 11 is 0. The Morgan fingerprint density at radius 2 is 1.96 bits per heavy atom. The number of benzene rings is 1. The summed E-state index contributed by atoms with van der Waals surface area (Å²) in [6.45, 7) is 4.05. The lowest BCUT2D eigenvalue weighted by Crippen LogP contribution is -2.21. The first-order chi connectivity index (χ1) is 12.0.